The van der Waals surface area contributed by atoms with Crippen LogP contribution in [0.3, 0.4) is 0 Å². The van der Waals surface area contributed by atoms with Crippen LogP contribution in [0, 0.1) is 5.92 Å². The quantitative estimate of drug-likeness (QED) is 0.837. The van der Waals surface area contributed by atoms with Crippen molar-refractivity contribution in [2.24, 2.45) is 5.92 Å². The molecule has 0 fully saturated rings. The molecule has 0 amide bonds. The van der Waals surface area contributed by atoms with Crippen molar-refractivity contribution in [3.63, 3.8) is 0 Å². The van der Waals surface area contributed by atoms with Gasteiger partial charge in [0.05, 0.1) is 11.5 Å². The Morgan fingerprint density at radius 1 is 1.26 bits per heavy atom. The molecule has 2 N–H and O–H groups in total. The number of ether oxygens (including phenoxy) is 1. The summed E-state index contributed by atoms with van der Waals surface area (Å²) in [6.07, 6.45) is -4.39. The van der Waals surface area contributed by atoms with Crippen LogP contribution < -0.4 is 4.74 Å². The molecule has 1 atom stereocenters. The van der Waals surface area contributed by atoms with E-state index >= 15 is 0 Å². The van der Waals surface area contributed by atoms with Crippen molar-refractivity contribution in [2.45, 2.75) is 12.6 Å². The average Bonchev–Trinajstić information content (AvgIpc) is 2.33. The van der Waals surface area contributed by atoms with Gasteiger partial charge >= 0.3 is 12.1 Å². The SMILES string of the molecule is O=C(O)C(CCO)COc1ccc(C(F)(F)F)cc1. The minimum Gasteiger partial charge on any atom is -0.493 e. The Hall–Kier alpha value is -1.76. The fraction of sp³-hybridized carbons (Fsp3) is 0.417. The summed E-state index contributed by atoms with van der Waals surface area (Å²) in [5.74, 6) is -1.87. The minimum atomic E-state index is -4.42. The summed E-state index contributed by atoms with van der Waals surface area (Å²) in [6.45, 7) is -0.505. The van der Waals surface area contributed by atoms with Gasteiger partial charge in [0.2, 0.25) is 0 Å². The van der Waals surface area contributed by atoms with E-state index in [1.165, 1.54) is 0 Å². The number of carboxylic acid groups (broad SMARTS) is 1. The predicted molar refractivity (Wildman–Crippen MR) is 59.8 cm³/mol. The number of carbonyl (C=O) groups is 1. The number of hydrogen-bond donors (Lipinski definition) is 2. The van der Waals surface area contributed by atoms with Gasteiger partial charge in [0.1, 0.15) is 12.4 Å². The number of hydrogen-bond acceptors (Lipinski definition) is 3. The van der Waals surface area contributed by atoms with Crippen LogP contribution in [0.2, 0.25) is 0 Å². The summed E-state index contributed by atoms with van der Waals surface area (Å²) >= 11 is 0. The molecule has 0 aliphatic heterocycles. The Balaban J connectivity index is 2.61. The van der Waals surface area contributed by atoms with E-state index < -0.39 is 23.6 Å². The van der Waals surface area contributed by atoms with Crippen LogP contribution in [-0.2, 0) is 11.0 Å². The zero-order valence-corrected chi connectivity index (χ0v) is 9.85. The Labute approximate surface area is 107 Å². The van der Waals surface area contributed by atoms with Gasteiger partial charge in [-0.2, -0.15) is 13.2 Å². The van der Waals surface area contributed by atoms with E-state index in [4.69, 9.17) is 14.9 Å². The first-order valence-electron chi connectivity index (χ1n) is 5.48. The number of halogens is 3. The molecule has 0 saturated heterocycles. The van der Waals surface area contributed by atoms with Crippen molar-refractivity contribution in [1.82, 2.24) is 0 Å². The van der Waals surface area contributed by atoms with E-state index in [9.17, 15) is 18.0 Å². The fourth-order valence-electron chi connectivity index (χ4n) is 1.37. The van der Waals surface area contributed by atoms with Crippen molar-refractivity contribution in [2.75, 3.05) is 13.2 Å². The molecule has 4 nitrogen and oxygen atoms in total. The summed E-state index contributed by atoms with van der Waals surface area (Å²) in [5.41, 5.74) is -0.801. The molecule has 19 heavy (non-hydrogen) atoms. The molecule has 1 rings (SSSR count). The Morgan fingerprint density at radius 3 is 2.26 bits per heavy atom. The second-order valence-corrected chi connectivity index (χ2v) is 3.88. The third kappa shape index (κ3) is 4.78. The molecule has 0 radical (unpaired) electrons. The largest absolute Gasteiger partial charge is 0.493 e. The topological polar surface area (TPSA) is 66.8 Å². The highest BCUT2D eigenvalue weighted by Gasteiger charge is 2.30. The van der Waals surface area contributed by atoms with E-state index in [2.05, 4.69) is 0 Å². The van der Waals surface area contributed by atoms with Gasteiger partial charge in [-0.05, 0) is 30.7 Å². The van der Waals surface area contributed by atoms with E-state index in [0.29, 0.717) is 0 Å². The van der Waals surface area contributed by atoms with Crippen LogP contribution in [0.5, 0.6) is 5.75 Å². The number of benzene rings is 1. The first kappa shape index (κ1) is 15.3. The summed E-state index contributed by atoms with van der Waals surface area (Å²) < 4.78 is 42.0. The van der Waals surface area contributed by atoms with Crippen molar-refractivity contribution in [1.29, 1.82) is 0 Å². The molecule has 1 aromatic rings. The number of aliphatic hydroxyl groups is 1. The van der Waals surface area contributed by atoms with Gasteiger partial charge in [0.15, 0.2) is 0 Å². The van der Waals surface area contributed by atoms with Crippen LogP contribution in [-0.4, -0.2) is 29.4 Å². The van der Waals surface area contributed by atoms with Crippen molar-refractivity contribution in [3.8, 4) is 5.75 Å². The lowest BCUT2D eigenvalue weighted by atomic mass is 10.1. The van der Waals surface area contributed by atoms with Gasteiger partial charge < -0.3 is 14.9 Å². The van der Waals surface area contributed by atoms with Crippen LogP contribution in [0.25, 0.3) is 0 Å². The van der Waals surface area contributed by atoms with Crippen LogP contribution in [0.1, 0.15) is 12.0 Å². The molecule has 0 saturated carbocycles. The van der Waals surface area contributed by atoms with Gasteiger partial charge in [-0.1, -0.05) is 0 Å². The average molecular weight is 278 g/mol. The third-order valence-electron chi connectivity index (χ3n) is 2.46. The summed E-state index contributed by atoms with van der Waals surface area (Å²) in [7, 11) is 0. The van der Waals surface area contributed by atoms with E-state index in [-0.39, 0.29) is 25.4 Å². The molecule has 0 heterocycles. The maximum atomic E-state index is 12.3. The lowest BCUT2D eigenvalue weighted by Gasteiger charge is -2.13. The summed E-state index contributed by atoms with van der Waals surface area (Å²) in [4.78, 5) is 10.8. The zero-order valence-electron chi connectivity index (χ0n) is 9.85. The number of carboxylic acids is 1. The lowest BCUT2D eigenvalue weighted by Crippen LogP contribution is -2.22. The lowest BCUT2D eigenvalue weighted by molar-refractivity contribution is -0.143. The van der Waals surface area contributed by atoms with Crippen LogP contribution in [0.15, 0.2) is 24.3 Å². The maximum absolute atomic E-state index is 12.3. The molecule has 1 aromatic carbocycles. The first-order chi connectivity index (χ1) is 8.84. The highest BCUT2D eigenvalue weighted by molar-refractivity contribution is 5.70. The van der Waals surface area contributed by atoms with Gasteiger partial charge in [-0.25, -0.2) is 0 Å². The summed E-state index contributed by atoms with van der Waals surface area (Å²) in [5, 5.41) is 17.5. The number of rotatable bonds is 6. The molecule has 1 unspecified atom stereocenters. The van der Waals surface area contributed by atoms with E-state index in [1.54, 1.807) is 0 Å². The van der Waals surface area contributed by atoms with Gasteiger partial charge in [-0.3, -0.25) is 4.79 Å². The molecule has 7 heteroatoms. The highest BCUT2D eigenvalue weighted by Crippen LogP contribution is 2.30. The van der Waals surface area contributed by atoms with Gasteiger partial charge in [-0.15, -0.1) is 0 Å². The molecule has 0 bridgehead atoms. The van der Waals surface area contributed by atoms with Crippen molar-refractivity contribution >= 4 is 5.97 Å². The minimum absolute atomic E-state index is 0.0238. The molecule has 0 spiro atoms. The summed E-state index contributed by atoms with van der Waals surface area (Å²) in [6, 6.07) is 3.97. The molecule has 0 aliphatic rings. The van der Waals surface area contributed by atoms with E-state index in [1.807, 2.05) is 0 Å². The second kappa shape index (κ2) is 6.42. The Kier molecular flexibility index (Phi) is 5.17. The monoisotopic (exact) mass is 278 g/mol. The van der Waals surface area contributed by atoms with Crippen molar-refractivity contribution in [3.05, 3.63) is 29.8 Å². The van der Waals surface area contributed by atoms with Gasteiger partial charge in [0, 0.05) is 6.61 Å². The second-order valence-electron chi connectivity index (χ2n) is 3.88. The number of alkyl halides is 3. The molecular weight excluding hydrogens is 265 g/mol. The highest BCUT2D eigenvalue weighted by atomic mass is 19.4. The molecule has 106 valence electrons. The smallest absolute Gasteiger partial charge is 0.416 e. The van der Waals surface area contributed by atoms with Crippen LogP contribution >= 0.6 is 0 Å². The normalized spacial score (nSPS) is 13.1. The molecular formula is C12H13F3O4. The predicted octanol–water partition coefficient (Wildman–Crippen LogP) is 2.17. The van der Waals surface area contributed by atoms with Crippen LogP contribution in [0.4, 0.5) is 13.2 Å². The Morgan fingerprint density at radius 2 is 1.84 bits per heavy atom. The molecule has 0 aliphatic carbocycles. The number of aliphatic hydroxyl groups excluding tert-OH is 1. The van der Waals surface area contributed by atoms with Gasteiger partial charge in [0.25, 0.3) is 0 Å². The Bertz CT molecular complexity index is 414. The standard InChI is InChI=1S/C12H13F3O4/c13-12(14,15)9-1-3-10(4-2-9)19-7-8(5-6-16)11(17)18/h1-4,8,16H,5-7H2,(H,17,18). The van der Waals surface area contributed by atoms with Crippen molar-refractivity contribution < 1.29 is 32.9 Å². The molecule has 0 aromatic heterocycles. The van der Waals surface area contributed by atoms with E-state index in [0.717, 1.165) is 24.3 Å². The fourth-order valence-corrected chi connectivity index (χ4v) is 1.37. The maximum Gasteiger partial charge on any atom is 0.416 e. The third-order valence-corrected chi connectivity index (χ3v) is 2.46. The zero-order chi connectivity index (χ0) is 14.5. The first-order valence-corrected chi connectivity index (χ1v) is 5.48. The number of aliphatic carboxylic acids is 1.